The van der Waals surface area contributed by atoms with Crippen LogP contribution < -0.4 is 9.47 Å². The number of amides is 1. The number of Topliss-reactive ketones (excluding diaryl/α,β-unsaturated/α-hetero) is 1. The monoisotopic (exact) mass is 359 g/mol. The highest BCUT2D eigenvalue weighted by Crippen LogP contribution is 2.31. The number of carbonyl (C=O) groups is 2. The summed E-state index contributed by atoms with van der Waals surface area (Å²) < 4.78 is 12.5. The van der Waals surface area contributed by atoms with E-state index in [1.807, 2.05) is 17.7 Å². The molecule has 0 aliphatic carbocycles. The molecule has 0 radical (unpaired) electrons. The minimum absolute atomic E-state index is 0.0958. The summed E-state index contributed by atoms with van der Waals surface area (Å²) in [7, 11) is 4.76. The molecule has 1 aromatic carbocycles. The number of aryl methyl sites for hydroxylation is 1. The van der Waals surface area contributed by atoms with Crippen LogP contribution in [0.4, 0.5) is 0 Å². The Morgan fingerprint density at radius 1 is 1.19 bits per heavy atom. The second-order valence-electron chi connectivity index (χ2n) is 5.98. The summed E-state index contributed by atoms with van der Waals surface area (Å²) in [6, 6.07) is 3.31. The highest BCUT2D eigenvalue weighted by atomic mass is 16.5. The highest BCUT2D eigenvalue weighted by molar-refractivity contribution is 5.97. The maximum absolute atomic E-state index is 12.7. The van der Waals surface area contributed by atoms with Gasteiger partial charge in [0.25, 0.3) is 0 Å². The lowest BCUT2D eigenvalue weighted by molar-refractivity contribution is -0.129. The van der Waals surface area contributed by atoms with Crippen molar-refractivity contribution >= 4 is 11.7 Å². The lowest BCUT2D eigenvalue weighted by atomic mass is 10.00. The average Bonchev–Trinajstić information content (AvgIpc) is 3.07. The van der Waals surface area contributed by atoms with Crippen LogP contribution in [0.2, 0.25) is 0 Å². The van der Waals surface area contributed by atoms with Gasteiger partial charge in [-0.1, -0.05) is 0 Å². The van der Waals surface area contributed by atoms with E-state index in [4.69, 9.17) is 9.47 Å². The van der Waals surface area contributed by atoms with Crippen LogP contribution in [0.15, 0.2) is 24.5 Å². The molecule has 0 N–H and O–H groups in total. The third-order valence-corrected chi connectivity index (χ3v) is 4.28. The summed E-state index contributed by atoms with van der Waals surface area (Å²) in [6.07, 6.45) is 3.70. The van der Waals surface area contributed by atoms with Crippen LogP contribution in [0, 0.1) is 0 Å². The van der Waals surface area contributed by atoms with Crippen LogP contribution in [0.25, 0.3) is 0 Å². The molecule has 2 rings (SSSR count). The van der Waals surface area contributed by atoms with Crippen LogP contribution in [-0.2, 0) is 24.3 Å². The van der Waals surface area contributed by atoms with E-state index in [-0.39, 0.29) is 18.1 Å². The van der Waals surface area contributed by atoms with Gasteiger partial charge in [-0.15, -0.1) is 0 Å². The predicted octanol–water partition coefficient (Wildman–Crippen LogP) is 2.32. The maximum atomic E-state index is 12.7. The van der Waals surface area contributed by atoms with E-state index in [0.29, 0.717) is 29.2 Å². The Balaban J connectivity index is 2.23. The first-order valence-corrected chi connectivity index (χ1v) is 8.41. The van der Waals surface area contributed by atoms with E-state index in [2.05, 4.69) is 4.98 Å². The summed E-state index contributed by atoms with van der Waals surface area (Å²) in [5.74, 6) is 1.54. The molecule has 7 heteroatoms. The fourth-order valence-electron chi connectivity index (χ4n) is 2.77. The molecule has 1 heterocycles. The number of methoxy groups -OCH3 is 2. The Kier molecular flexibility index (Phi) is 6.38. The Hall–Kier alpha value is -2.83. The molecule has 0 atom stereocenters. The summed E-state index contributed by atoms with van der Waals surface area (Å²) in [5.41, 5.74) is 1.07. The van der Waals surface area contributed by atoms with Gasteiger partial charge in [0.1, 0.15) is 5.82 Å². The van der Waals surface area contributed by atoms with Gasteiger partial charge in [0.2, 0.25) is 5.91 Å². The fourth-order valence-corrected chi connectivity index (χ4v) is 2.77. The first-order valence-electron chi connectivity index (χ1n) is 8.41. The molecule has 7 nitrogen and oxygen atoms in total. The fraction of sp³-hybridized carbons (Fsp3) is 0.421. The molecular formula is C19H25N3O4. The summed E-state index contributed by atoms with van der Waals surface area (Å²) >= 11 is 0. The standard InChI is InChI=1S/C19H25N3O4/c1-6-22-8-7-20-18(22)12-21(3)19(24)10-14-9-16(25-4)17(26-5)11-15(14)13(2)23/h7-9,11H,6,10,12H2,1-5H3. The van der Waals surface area contributed by atoms with Crippen LogP contribution >= 0.6 is 0 Å². The lowest BCUT2D eigenvalue weighted by Gasteiger charge is -2.19. The van der Waals surface area contributed by atoms with Crippen molar-refractivity contribution in [1.82, 2.24) is 14.5 Å². The summed E-state index contributed by atoms with van der Waals surface area (Å²) in [4.78, 5) is 30.6. The minimum Gasteiger partial charge on any atom is -0.493 e. The van der Waals surface area contributed by atoms with Crippen molar-refractivity contribution in [2.45, 2.75) is 33.4 Å². The van der Waals surface area contributed by atoms with E-state index in [1.54, 1.807) is 30.3 Å². The molecule has 0 bridgehead atoms. The van der Waals surface area contributed by atoms with Gasteiger partial charge in [-0.25, -0.2) is 4.98 Å². The number of hydrogen-bond acceptors (Lipinski definition) is 5. The molecule has 26 heavy (non-hydrogen) atoms. The molecule has 0 aliphatic rings. The van der Waals surface area contributed by atoms with Gasteiger partial charge in [-0.05, 0) is 31.5 Å². The number of aromatic nitrogens is 2. The number of ether oxygens (including phenoxy) is 2. The Labute approximate surface area is 153 Å². The van der Waals surface area contributed by atoms with Crippen LogP contribution in [-0.4, -0.2) is 47.4 Å². The van der Waals surface area contributed by atoms with Gasteiger partial charge in [-0.3, -0.25) is 9.59 Å². The average molecular weight is 359 g/mol. The van der Waals surface area contributed by atoms with Gasteiger partial charge >= 0.3 is 0 Å². The maximum Gasteiger partial charge on any atom is 0.227 e. The topological polar surface area (TPSA) is 73.7 Å². The molecule has 1 aromatic heterocycles. The van der Waals surface area contributed by atoms with Crippen molar-refractivity contribution in [2.24, 2.45) is 0 Å². The van der Waals surface area contributed by atoms with E-state index >= 15 is 0 Å². The quantitative estimate of drug-likeness (QED) is 0.676. The Bertz CT molecular complexity index is 798. The Morgan fingerprint density at radius 2 is 1.85 bits per heavy atom. The third kappa shape index (κ3) is 4.22. The summed E-state index contributed by atoms with van der Waals surface area (Å²) in [5, 5.41) is 0. The van der Waals surface area contributed by atoms with Crippen LogP contribution in [0.1, 0.15) is 35.6 Å². The zero-order chi connectivity index (χ0) is 19.3. The molecule has 0 fully saturated rings. The first kappa shape index (κ1) is 19.5. The number of imidazole rings is 1. The van der Waals surface area contributed by atoms with Gasteiger partial charge in [0.15, 0.2) is 17.3 Å². The number of ketones is 1. The molecule has 0 saturated carbocycles. The Morgan fingerprint density at radius 3 is 2.42 bits per heavy atom. The predicted molar refractivity (Wildman–Crippen MR) is 97.6 cm³/mol. The second kappa shape index (κ2) is 8.51. The van der Waals surface area contributed by atoms with E-state index < -0.39 is 0 Å². The zero-order valence-electron chi connectivity index (χ0n) is 15.9. The van der Waals surface area contributed by atoms with Gasteiger partial charge in [0.05, 0.1) is 27.2 Å². The van der Waals surface area contributed by atoms with Crippen molar-refractivity contribution in [1.29, 1.82) is 0 Å². The van der Waals surface area contributed by atoms with E-state index in [9.17, 15) is 9.59 Å². The van der Waals surface area contributed by atoms with E-state index in [0.717, 1.165) is 12.4 Å². The first-order chi connectivity index (χ1) is 12.4. The van der Waals surface area contributed by atoms with Crippen molar-refractivity contribution in [3.63, 3.8) is 0 Å². The number of carbonyl (C=O) groups excluding carboxylic acids is 2. The smallest absolute Gasteiger partial charge is 0.227 e. The number of hydrogen-bond donors (Lipinski definition) is 0. The number of likely N-dealkylation sites (N-methyl/N-ethyl adjacent to an activating group) is 1. The van der Waals surface area contributed by atoms with Gasteiger partial charge in [0, 0.05) is 31.5 Å². The molecule has 0 aliphatic heterocycles. The largest absolute Gasteiger partial charge is 0.493 e. The second-order valence-corrected chi connectivity index (χ2v) is 5.98. The van der Waals surface area contributed by atoms with Crippen molar-refractivity contribution in [2.75, 3.05) is 21.3 Å². The third-order valence-electron chi connectivity index (χ3n) is 4.28. The number of benzene rings is 1. The summed E-state index contributed by atoms with van der Waals surface area (Å²) in [6.45, 7) is 4.69. The van der Waals surface area contributed by atoms with Gasteiger partial charge < -0.3 is 18.9 Å². The normalized spacial score (nSPS) is 10.5. The van der Waals surface area contributed by atoms with Crippen molar-refractivity contribution < 1.29 is 19.1 Å². The molecule has 0 saturated heterocycles. The van der Waals surface area contributed by atoms with Crippen molar-refractivity contribution in [3.05, 3.63) is 41.5 Å². The molecule has 0 unspecified atom stereocenters. The van der Waals surface area contributed by atoms with E-state index in [1.165, 1.54) is 21.1 Å². The molecule has 2 aromatic rings. The number of nitrogens with zero attached hydrogens (tertiary/aromatic N) is 3. The molecular weight excluding hydrogens is 334 g/mol. The van der Waals surface area contributed by atoms with Crippen LogP contribution in [0.3, 0.4) is 0 Å². The minimum atomic E-state index is -0.127. The SMILES string of the molecule is CCn1ccnc1CN(C)C(=O)Cc1cc(OC)c(OC)cc1C(C)=O. The highest BCUT2D eigenvalue weighted by Gasteiger charge is 2.19. The lowest BCUT2D eigenvalue weighted by Crippen LogP contribution is -2.29. The number of rotatable bonds is 8. The van der Waals surface area contributed by atoms with Crippen LogP contribution in [0.5, 0.6) is 11.5 Å². The molecule has 140 valence electrons. The molecule has 0 spiro atoms. The molecule has 1 amide bonds. The van der Waals surface area contributed by atoms with Crippen molar-refractivity contribution in [3.8, 4) is 11.5 Å². The van der Waals surface area contributed by atoms with Gasteiger partial charge in [-0.2, -0.15) is 0 Å². The zero-order valence-corrected chi connectivity index (χ0v) is 15.9.